The summed E-state index contributed by atoms with van der Waals surface area (Å²) < 4.78 is 44.3. The third kappa shape index (κ3) is 3.92. The minimum Gasteiger partial charge on any atom is -0.512 e. The Balaban J connectivity index is 1.93. The van der Waals surface area contributed by atoms with Crippen LogP contribution in [0.3, 0.4) is 0 Å². The minimum atomic E-state index is -2.84. The standard InChI is InChI=1S/C26H24F3NO3/c1-25-14-15-30(20-9-7-19(27)8-10-20)26(24(28)29,22(25)12-11-21(31)16-25)18-5-2-17(3-6-18)4-13-23(32)33/h2-13,24,31H,14-16H2,1H3,(H,32,33)/b13-4+. The number of hydrogen-bond donors (Lipinski definition) is 2. The molecule has 2 atom stereocenters. The Morgan fingerprint density at radius 2 is 1.76 bits per heavy atom. The largest absolute Gasteiger partial charge is 0.512 e. The Kier molecular flexibility index (Phi) is 5.82. The number of aliphatic carboxylic acids is 1. The average Bonchev–Trinajstić information content (AvgIpc) is 2.77. The van der Waals surface area contributed by atoms with Gasteiger partial charge in [0.25, 0.3) is 6.43 Å². The second-order valence-corrected chi connectivity index (χ2v) is 8.71. The Bertz CT molecular complexity index is 1140. The van der Waals surface area contributed by atoms with E-state index in [1.165, 1.54) is 36.4 Å². The van der Waals surface area contributed by atoms with E-state index >= 15 is 8.78 Å². The Labute approximate surface area is 190 Å². The molecular formula is C26H24F3NO3. The third-order valence-electron chi connectivity index (χ3n) is 6.61. The molecule has 1 heterocycles. The summed E-state index contributed by atoms with van der Waals surface area (Å²) in [6.45, 7) is 2.16. The van der Waals surface area contributed by atoms with Crippen molar-refractivity contribution < 1.29 is 28.2 Å². The number of alkyl halides is 2. The molecule has 1 saturated heterocycles. The highest BCUT2D eigenvalue weighted by atomic mass is 19.3. The van der Waals surface area contributed by atoms with Gasteiger partial charge in [0, 0.05) is 30.1 Å². The van der Waals surface area contributed by atoms with Gasteiger partial charge in [0.2, 0.25) is 0 Å². The number of aliphatic hydroxyl groups is 1. The molecule has 4 rings (SSSR count). The van der Waals surface area contributed by atoms with Crippen LogP contribution in [0.1, 0.15) is 30.9 Å². The molecule has 1 aliphatic heterocycles. The molecule has 2 unspecified atom stereocenters. The third-order valence-corrected chi connectivity index (χ3v) is 6.61. The summed E-state index contributed by atoms with van der Waals surface area (Å²) in [5.41, 5.74) is -0.695. The number of halogens is 3. The number of fused-ring (bicyclic) bond motifs is 1. The zero-order chi connectivity index (χ0) is 23.8. The van der Waals surface area contributed by atoms with Crippen LogP contribution in [0.15, 0.2) is 78.1 Å². The van der Waals surface area contributed by atoms with Crippen molar-refractivity contribution >= 4 is 17.7 Å². The highest BCUT2D eigenvalue weighted by Crippen LogP contribution is 2.57. The topological polar surface area (TPSA) is 60.8 Å². The summed E-state index contributed by atoms with van der Waals surface area (Å²) in [5.74, 6) is -1.41. The number of allylic oxidation sites excluding steroid dienone is 3. The molecule has 172 valence electrons. The van der Waals surface area contributed by atoms with E-state index in [-0.39, 0.29) is 18.7 Å². The van der Waals surface area contributed by atoms with Crippen LogP contribution in [0.5, 0.6) is 0 Å². The first-order valence-electron chi connectivity index (χ1n) is 10.6. The quantitative estimate of drug-likeness (QED) is 0.537. The predicted molar refractivity (Wildman–Crippen MR) is 121 cm³/mol. The highest BCUT2D eigenvalue weighted by molar-refractivity contribution is 5.85. The SMILES string of the molecule is CC12CCN(c3ccc(F)cc3)C(c3ccc(/C=C/C(=O)O)cc3)(C(F)F)C1=CC=C(O)C2. The van der Waals surface area contributed by atoms with E-state index < -0.39 is 29.2 Å². The first kappa shape index (κ1) is 22.7. The van der Waals surface area contributed by atoms with E-state index in [4.69, 9.17) is 5.11 Å². The van der Waals surface area contributed by atoms with E-state index in [2.05, 4.69) is 0 Å². The van der Waals surface area contributed by atoms with Gasteiger partial charge in [-0.1, -0.05) is 37.3 Å². The Morgan fingerprint density at radius 3 is 2.36 bits per heavy atom. The smallest absolute Gasteiger partial charge is 0.328 e. The number of anilines is 1. The number of carbonyl (C=O) groups is 1. The van der Waals surface area contributed by atoms with Crippen LogP contribution < -0.4 is 4.90 Å². The Hall–Kier alpha value is -3.48. The molecule has 7 heteroatoms. The molecule has 2 aromatic rings. The molecule has 0 saturated carbocycles. The van der Waals surface area contributed by atoms with Crippen LogP contribution in [0.2, 0.25) is 0 Å². The molecule has 4 nitrogen and oxygen atoms in total. The van der Waals surface area contributed by atoms with Crippen LogP contribution in [-0.4, -0.2) is 29.2 Å². The van der Waals surface area contributed by atoms with Crippen molar-refractivity contribution in [3.63, 3.8) is 0 Å². The second-order valence-electron chi connectivity index (χ2n) is 8.71. The van der Waals surface area contributed by atoms with Crippen molar-refractivity contribution in [1.82, 2.24) is 0 Å². The zero-order valence-electron chi connectivity index (χ0n) is 18.0. The van der Waals surface area contributed by atoms with E-state index in [9.17, 15) is 14.3 Å². The van der Waals surface area contributed by atoms with Crippen molar-refractivity contribution in [3.8, 4) is 0 Å². The van der Waals surface area contributed by atoms with Gasteiger partial charge < -0.3 is 15.1 Å². The van der Waals surface area contributed by atoms with E-state index in [1.54, 1.807) is 35.2 Å². The zero-order valence-corrected chi connectivity index (χ0v) is 18.0. The summed E-state index contributed by atoms with van der Waals surface area (Å²) >= 11 is 0. The van der Waals surface area contributed by atoms with Crippen molar-refractivity contribution in [2.75, 3.05) is 11.4 Å². The monoisotopic (exact) mass is 455 g/mol. The lowest BCUT2D eigenvalue weighted by Crippen LogP contribution is -2.61. The lowest BCUT2D eigenvalue weighted by molar-refractivity contribution is -0.131. The van der Waals surface area contributed by atoms with Gasteiger partial charge in [-0.05, 0) is 59.5 Å². The maximum Gasteiger partial charge on any atom is 0.328 e. The van der Waals surface area contributed by atoms with Crippen molar-refractivity contribution in [1.29, 1.82) is 0 Å². The van der Waals surface area contributed by atoms with Crippen LogP contribution >= 0.6 is 0 Å². The number of hydrogen-bond acceptors (Lipinski definition) is 3. The van der Waals surface area contributed by atoms with Crippen molar-refractivity contribution in [3.05, 3.63) is 95.0 Å². The van der Waals surface area contributed by atoms with Gasteiger partial charge in [0.1, 0.15) is 11.4 Å². The number of benzene rings is 2. The minimum absolute atomic E-state index is 0.147. The van der Waals surface area contributed by atoms with Gasteiger partial charge in [-0.15, -0.1) is 0 Å². The van der Waals surface area contributed by atoms with E-state index in [1.807, 2.05) is 6.92 Å². The summed E-state index contributed by atoms with van der Waals surface area (Å²) in [5, 5.41) is 19.0. The summed E-state index contributed by atoms with van der Waals surface area (Å²) in [6, 6.07) is 11.9. The lowest BCUT2D eigenvalue weighted by atomic mass is 9.60. The summed E-state index contributed by atoms with van der Waals surface area (Å²) in [4.78, 5) is 12.4. The molecule has 1 aliphatic carbocycles. The number of nitrogens with zero attached hydrogens (tertiary/aromatic N) is 1. The molecule has 33 heavy (non-hydrogen) atoms. The molecule has 0 aromatic heterocycles. The fourth-order valence-corrected chi connectivity index (χ4v) is 5.07. The fraction of sp³-hybridized carbons (Fsp3) is 0.269. The highest BCUT2D eigenvalue weighted by Gasteiger charge is 2.58. The number of piperidine rings is 1. The molecule has 1 fully saturated rings. The number of rotatable bonds is 5. The molecule has 0 amide bonds. The van der Waals surface area contributed by atoms with Gasteiger partial charge in [-0.3, -0.25) is 0 Å². The summed E-state index contributed by atoms with van der Waals surface area (Å²) in [6.07, 6.45) is 3.36. The number of carboxylic acids is 1. The normalized spacial score (nSPS) is 25.1. The lowest BCUT2D eigenvalue weighted by Gasteiger charge is -2.57. The summed E-state index contributed by atoms with van der Waals surface area (Å²) in [7, 11) is 0. The van der Waals surface area contributed by atoms with Gasteiger partial charge >= 0.3 is 5.97 Å². The van der Waals surface area contributed by atoms with Crippen LogP contribution in [0.4, 0.5) is 18.9 Å². The molecule has 0 bridgehead atoms. The molecule has 2 N–H and O–H groups in total. The van der Waals surface area contributed by atoms with Gasteiger partial charge in [0.15, 0.2) is 0 Å². The average molecular weight is 455 g/mol. The predicted octanol–water partition coefficient (Wildman–Crippen LogP) is 6.07. The molecule has 2 aliphatic rings. The van der Waals surface area contributed by atoms with E-state index in [0.717, 1.165) is 6.08 Å². The first-order chi connectivity index (χ1) is 15.7. The number of aliphatic hydroxyl groups excluding tert-OH is 1. The molecule has 0 radical (unpaired) electrons. The first-order valence-corrected chi connectivity index (χ1v) is 10.6. The maximum atomic E-state index is 15.3. The van der Waals surface area contributed by atoms with Gasteiger partial charge in [0.05, 0.1) is 5.76 Å². The van der Waals surface area contributed by atoms with Gasteiger partial charge in [-0.25, -0.2) is 18.0 Å². The fourth-order valence-electron chi connectivity index (χ4n) is 5.07. The maximum absolute atomic E-state index is 15.3. The van der Waals surface area contributed by atoms with Crippen LogP contribution in [-0.2, 0) is 10.3 Å². The van der Waals surface area contributed by atoms with Crippen LogP contribution in [0.25, 0.3) is 6.08 Å². The molecule has 2 aromatic carbocycles. The number of carboxylic acid groups (broad SMARTS) is 1. The van der Waals surface area contributed by atoms with Crippen LogP contribution in [0, 0.1) is 11.2 Å². The van der Waals surface area contributed by atoms with Gasteiger partial charge in [-0.2, -0.15) is 0 Å². The second kappa shape index (κ2) is 8.46. The van der Waals surface area contributed by atoms with Crippen molar-refractivity contribution in [2.24, 2.45) is 5.41 Å². The molecular weight excluding hydrogens is 431 g/mol. The van der Waals surface area contributed by atoms with E-state index in [0.29, 0.717) is 28.8 Å². The Morgan fingerprint density at radius 1 is 1.09 bits per heavy atom. The molecule has 0 spiro atoms. The van der Waals surface area contributed by atoms with Crippen molar-refractivity contribution in [2.45, 2.75) is 31.7 Å².